The Morgan fingerprint density at radius 1 is 1.17 bits per heavy atom. The summed E-state index contributed by atoms with van der Waals surface area (Å²) in [6.07, 6.45) is 3.45. The quantitative estimate of drug-likeness (QED) is 0.686. The lowest BCUT2D eigenvalue weighted by Gasteiger charge is -2.14. The molecule has 0 spiro atoms. The summed E-state index contributed by atoms with van der Waals surface area (Å²) in [6.45, 7) is 7.15. The summed E-state index contributed by atoms with van der Waals surface area (Å²) < 4.78 is 6.66. The largest absolute Gasteiger partial charge is 0.381 e. The van der Waals surface area contributed by atoms with Gasteiger partial charge in [-0.25, -0.2) is 0 Å². The normalized spacial score (nSPS) is 12.6. The van der Waals surface area contributed by atoms with Crippen molar-refractivity contribution in [2.24, 2.45) is 0 Å². The molecule has 2 nitrogen and oxygen atoms in total. The fraction of sp³-hybridized carbons (Fsp3) is 0.600. The lowest BCUT2D eigenvalue weighted by atomic mass is 10.1. The van der Waals surface area contributed by atoms with Gasteiger partial charge in [-0.2, -0.15) is 0 Å². The lowest BCUT2D eigenvalue weighted by molar-refractivity contribution is 0.128. The minimum absolute atomic E-state index is 0.397. The molecule has 0 aliphatic heterocycles. The third-order valence-electron chi connectivity index (χ3n) is 2.93. The van der Waals surface area contributed by atoms with Crippen molar-refractivity contribution >= 4 is 15.9 Å². The second-order valence-electron chi connectivity index (χ2n) is 4.55. The maximum Gasteiger partial charge on any atom is 0.0478 e. The van der Waals surface area contributed by atoms with Crippen LogP contribution in [0.5, 0.6) is 0 Å². The number of ether oxygens (including phenoxy) is 1. The number of rotatable bonds is 9. The van der Waals surface area contributed by atoms with Gasteiger partial charge in [-0.1, -0.05) is 41.4 Å². The number of hydrogen-bond donors (Lipinski definition) is 1. The minimum atomic E-state index is 0.397. The Balaban J connectivity index is 2.10. The van der Waals surface area contributed by atoms with Crippen LogP contribution in [0.3, 0.4) is 0 Å². The summed E-state index contributed by atoms with van der Waals surface area (Å²) in [5.41, 5.74) is 1.32. The maximum absolute atomic E-state index is 5.53. The molecule has 0 saturated heterocycles. The topological polar surface area (TPSA) is 21.3 Å². The summed E-state index contributed by atoms with van der Waals surface area (Å²) in [4.78, 5) is 0. The van der Waals surface area contributed by atoms with Crippen LogP contribution in [-0.2, 0) is 4.74 Å². The van der Waals surface area contributed by atoms with E-state index in [0.717, 1.165) is 30.7 Å². The highest BCUT2D eigenvalue weighted by molar-refractivity contribution is 9.10. The second-order valence-corrected chi connectivity index (χ2v) is 5.46. The molecule has 0 saturated carbocycles. The zero-order valence-electron chi connectivity index (χ0n) is 11.4. The molecule has 0 amide bonds. The van der Waals surface area contributed by atoms with E-state index in [2.05, 4.69) is 59.4 Å². The first-order valence-corrected chi connectivity index (χ1v) is 7.60. The highest BCUT2D eigenvalue weighted by atomic mass is 79.9. The molecule has 1 atom stereocenters. The molecule has 1 N–H and O–H groups in total. The molecule has 18 heavy (non-hydrogen) atoms. The highest BCUT2D eigenvalue weighted by Crippen LogP contribution is 2.16. The van der Waals surface area contributed by atoms with Crippen LogP contribution in [0.4, 0.5) is 0 Å². The van der Waals surface area contributed by atoms with Crippen molar-refractivity contribution in [2.75, 3.05) is 19.8 Å². The Kier molecular flexibility index (Phi) is 8.31. The summed E-state index contributed by atoms with van der Waals surface area (Å²) in [7, 11) is 0. The molecule has 1 aromatic rings. The Labute approximate surface area is 119 Å². The van der Waals surface area contributed by atoms with E-state index in [1.54, 1.807) is 0 Å². The van der Waals surface area contributed by atoms with Crippen molar-refractivity contribution in [1.29, 1.82) is 0 Å². The molecular formula is C15H24BrNO. The van der Waals surface area contributed by atoms with Crippen molar-refractivity contribution < 1.29 is 4.74 Å². The van der Waals surface area contributed by atoms with Crippen molar-refractivity contribution in [2.45, 2.75) is 39.2 Å². The Bertz CT molecular complexity index is 313. The minimum Gasteiger partial charge on any atom is -0.381 e. The predicted molar refractivity (Wildman–Crippen MR) is 80.9 cm³/mol. The molecule has 0 aliphatic rings. The van der Waals surface area contributed by atoms with Gasteiger partial charge in [0.2, 0.25) is 0 Å². The van der Waals surface area contributed by atoms with E-state index in [-0.39, 0.29) is 0 Å². The van der Waals surface area contributed by atoms with E-state index in [9.17, 15) is 0 Å². The predicted octanol–water partition coefficient (Wildman–Crippen LogP) is 4.31. The zero-order chi connectivity index (χ0) is 13.2. The Hall–Kier alpha value is -0.380. The van der Waals surface area contributed by atoms with Crippen LogP contribution in [0.25, 0.3) is 0 Å². The molecule has 1 rings (SSSR count). The van der Waals surface area contributed by atoms with Crippen LogP contribution in [0.15, 0.2) is 28.7 Å². The average molecular weight is 314 g/mol. The van der Waals surface area contributed by atoms with Gasteiger partial charge >= 0.3 is 0 Å². The van der Waals surface area contributed by atoms with Gasteiger partial charge in [-0.3, -0.25) is 0 Å². The van der Waals surface area contributed by atoms with Gasteiger partial charge in [0.15, 0.2) is 0 Å². The third-order valence-corrected chi connectivity index (χ3v) is 3.46. The van der Waals surface area contributed by atoms with Gasteiger partial charge in [-0.15, -0.1) is 0 Å². The number of nitrogens with one attached hydrogen (secondary N) is 1. The first kappa shape index (κ1) is 15.7. The Morgan fingerprint density at radius 3 is 2.50 bits per heavy atom. The van der Waals surface area contributed by atoms with Gasteiger partial charge < -0.3 is 10.1 Å². The van der Waals surface area contributed by atoms with Crippen LogP contribution >= 0.6 is 15.9 Å². The smallest absolute Gasteiger partial charge is 0.0478 e. The average Bonchev–Trinajstić information content (AvgIpc) is 2.38. The van der Waals surface area contributed by atoms with E-state index in [1.165, 1.54) is 18.4 Å². The van der Waals surface area contributed by atoms with Crippen molar-refractivity contribution in [3.05, 3.63) is 34.3 Å². The molecule has 1 aromatic carbocycles. The van der Waals surface area contributed by atoms with Crippen LogP contribution < -0.4 is 5.32 Å². The molecule has 0 aromatic heterocycles. The van der Waals surface area contributed by atoms with Crippen molar-refractivity contribution in [3.63, 3.8) is 0 Å². The van der Waals surface area contributed by atoms with Crippen LogP contribution in [-0.4, -0.2) is 19.8 Å². The summed E-state index contributed by atoms with van der Waals surface area (Å²) >= 11 is 3.45. The fourth-order valence-corrected chi connectivity index (χ4v) is 1.97. The Morgan fingerprint density at radius 2 is 1.83 bits per heavy atom. The number of hydrogen-bond acceptors (Lipinski definition) is 2. The first-order chi connectivity index (χ1) is 8.74. The molecule has 0 bridgehead atoms. The van der Waals surface area contributed by atoms with E-state index < -0.39 is 0 Å². The monoisotopic (exact) mass is 313 g/mol. The summed E-state index contributed by atoms with van der Waals surface area (Å²) in [6, 6.07) is 8.87. The lowest BCUT2D eigenvalue weighted by Crippen LogP contribution is -2.21. The number of unbranched alkanes of at least 4 members (excludes halogenated alkanes) is 1. The molecule has 0 heterocycles. The van der Waals surface area contributed by atoms with Gasteiger partial charge in [0.05, 0.1) is 0 Å². The molecule has 102 valence electrons. The van der Waals surface area contributed by atoms with E-state index in [0.29, 0.717) is 6.04 Å². The van der Waals surface area contributed by atoms with E-state index in [1.807, 2.05) is 0 Å². The zero-order valence-corrected chi connectivity index (χ0v) is 13.0. The third kappa shape index (κ3) is 6.53. The van der Waals surface area contributed by atoms with Crippen molar-refractivity contribution in [1.82, 2.24) is 5.32 Å². The second kappa shape index (κ2) is 9.54. The molecule has 1 unspecified atom stereocenters. The summed E-state index contributed by atoms with van der Waals surface area (Å²) in [5, 5.41) is 3.51. The molecule has 3 heteroatoms. The molecule has 0 aliphatic carbocycles. The van der Waals surface area contributed by atoms with Crippen molar-refractivity contribution in [3.8, 4) is 0 Å². The van der Waals surface area contributed by atoms with E-state index in [4.69, 9.17) is 4.74 Å². The number of benzene rings is 1. The van der Waals surface area contributed by atoms with Gasteiger partial charge in [0.25, 0.3) is 0 Å². The van der Waals surface area contributed by atoms with E-state index >= 15 is 0 Å². The SMILES string of the molecule is CCCCOCCCNC(C)c1ccc(Br)cc1. The summed E-state index contributed by atoms with van der Waals surface area (Å²) in [5.74, 6) is 0. The van der Waals surface area contributed by atoms with Crippen LogP contribution in [0.1, 0.15) is 44.7 Å². The van der Waals surface area contributed by atoms with Gasteiger partial charge in [0.1, 0.15) is 0 Å². The molecule has 0 radical (unpaired) electrons. The standard InChI is InChI=1S/C15H24BrNO/c1-3-4-11-18-12-5-10-17-13(2)14-6-8-15(16)9-7-14/h6-9,13,17H,3-5,10-12H2,1-2H3. The van der Waals surface area contributed by atoms with Crippen LogP contribution in [0.2, 0.25) is 0 Å². The van der Waals surface area contributed by atoms with Crippen LogP contribution in [0, 0.1) is 0 Å². The number of halogens is 1. The molecule has 0 fully saturated rings. The van der Waals surface area contributed by atoms with Gasteiger partial charge in [-0.05, 0) is 44.0 Å². The first-order valence-electron chi connectivity index (χ1n) is 6.80. The molecular weight excluding hydrogens is 290 g/mol. The highest BCUT2D eigenvalue weighted by Gasteiger charge is 2.03. The van der Waals surface area contributed by atoms with Gasteiger partial charge in [0, 0.05) is 23.7 Å². The fourth-order valence-electron chi connectivity index (χ4n) is 1.71. The maximum atomic E-state index is 5.53.